The van der Waals surface area contributed by atoms with Crippen molar-refractivity contribution in [1.82, 2.24) is 9.88 Å². The summed E-state index contributed by atoms with van der Waals surface area (Å²) in [6.07, 6.45) is 1.64. The van der Waals surface area contributed by atoms with Crippen molar-refractivity contribution in [3.8, 4) is 0 Å². The number of aromatic nitrogens is 1. The molecule has 0 fully saturated rings. The smallest absolute Gasteiger partial charge is 0.290 e. The van der Waals surface area contributed by atoms with Gasteiger partial charge in [0.1, 0.15) is 11.6 Å². The molecule has 1 amide bonds. The number of fused-ring (bicyclic) bond motifs is 2. The summed E-state index contributed by atoms with van der Waals surface area (Å²) in [7, 11) is 1.65. The van der Waals surface area contributed by atoms with Gasteiger partial charge in [-0.3, -0.25) is 14.6 Å². The second kappa shape index (κ2) is 5.03. The van der Waals surface area contributed by atoms with Crippen molar-refractivity contribution in [3.05, 3.63) is 74.3 Å². The minimum atomic E-state index is -0.529. The van der Waals surface area contributed by atoms with Gasteiger partial charge in [-0.2, -0.15) is 0 Å². The lowest BCUT2D eigenvalue weighted by atomic mass is 10.0. The molecule has 23 heavy (non-hydrogen) atoms. The van der Waals surface area contributed by atoms with Crippen molar-refractivity contribution in [2.45, 2.75) is 6.04 Å². The van der Waals surface area contributed by atoms with Crippen LogP contribution in [-0.4, -0.2) is 22.8 Å². The maximum atomic E-state index is 13.0. The number of carbonyl (C=O) groups excluding carboxylic acids is 1. The lowest BCUT2D eigenvalue weighted by Crippen LogP contribution is -2.25. The molecule has 5 nitrogen and oxygen atoms in total. The average Bonchev–Trinajstić information content (AvgIpc) is 2.81. The SMILES string of the molecule is CN1C(=O)c2oc3ccc(Br)cc3c(=O)c2[C@H]1c1ccccn1. The van der Waals surface area contributed by atoms with Crippen LogP contribution in [0, 0.1) is 0 Å². The third kappa shape index (κ3) is 2.02. The van der Waals surface area contributed by atoms with Crippen molar-refractivity contribution in [3.63, 3.8) is 0 Å². The summed E-state index contributed by atoms with van der Waals surface area (Å²) in [6, 6.07) is 10.1. The van der Waals surface area contributed by atoms with Crippen LogP contribution in [0.5, 0.6) is 0 Å². The van der Waals surface area contributed by atoms with Crippen LogP contribution in [0.1, 0.15) is 27.9 Å². The molecule has 1 aliphatic heterocycles. The van der Waals surface area contributed by atoms with E-state index in [-0.39, 0.29) is 17.1 Å². The summed E-state index contributed by atoms with van der Waals surface area (Å²) < 4.78 is 6.52. The molecule has 114 valence electrons. The molecule has 1 aliphatic rings. The second-order valence-corrected chi connectivity index (χ2v) is 6.30. The van der Waals surface area contributed by atoms with Crippen LogP contribution in [0.15, 0.2) is 56.3 Å². The molecule has 0 spiro atoms. The summed E-state index contributed by atoms with van der Waals surface area (Å²) in [6.45, 7) is 0. The molecule has 4 rings (SSSR count). The number of hydrogen-bond donors (Lipinski definition) is 0. The maximum absolute atomic E-state index is 13.0. The van der Waals surface area contributed by atoms with Crippen molar-refractivity contribution in [1.29, 1.82) is 0 Å². The zero-order valence-electron chi connectivity index (χ0n) is 12.1. The molecule has 0 radical (unpaired) electrons. The first-order valence-electron chi connectivity index (χ1n) is 7.02. The minimum absolute atomic E-state index is 0.1000. The molecular weight excluding hydrogens is 360 g/mol. The van der Waals surface area contributed by atoms with Crippen molar-refractivity contribution in [2.24, 2.45) is 0 Å². The lowest BCUT2D eigenvalue weighted by molar-refractivity contribution is 0.0769. The fourth-order valence-corrected chi connectivity index (χ4v) is 3.31. The Morgan fingerprint density at radius 3 is 2.78 bits per heavy atom. The van der Waals surface area contributed by atoms with Gasteiger partial charge < -0.3 is 9.32 Å². The van der Waals surface area contributed by atoms with Gasteiger partial charge in [-0.05, 0) is 30.3 Å². The first kappa shape index (κ1) is 14.1. The Morgan fingerprint density at radius 1 is 1.22 bits per heavy atom. The molecule has 1 aromatic carbocycles. The molecule has 0 unspecified atom stereocenters. The molecule has 0 N–H and O–H groups in total. The average molecular weight is 371 g/mol. The number of benzene rings is 1. The number of pyridine rings is 1. The Balaban J connectivity index is 2.06. The fourth-order valence-electron chi connectivity index (χ4n) is 2.94. The number of carbonyl (C=O) groups is 1. The van der Waals surface area contributed by atoms with Crippen molar-refractivity contribution < 1.29 is 9.21 Å². The zero-order chi connectivity index (χ0) is 16.1. The highest BCUT2D eigenvalue weighted by Gasteiger charge is 2.41. The van der Waals surface area contributed by atoms with Gasteiger partial charge in [0.2, 0.25) is 5.76 Å². The summed E-state index contributed by atoms with van der Waals surface area (Å²) in [5, 5.41) is 0.446. The van der Waals surface area contributed by atoms with Gasteiger partial charge in [0.15, 0.2) is 5.43 Å². The van der Waals surface area contributed by atoms with E-state index in [4.69, 9.17) is 4.42 Å². The molecule has 0 aliphatic carbocycles. The molecule has 6 heteroatoms. The highest BCUT2D eigenvalue weighted by Crippen LogP contribution is 2.36. The van der Waals surface area contributed by atoms with Crippen LogP contribution < -0.4 is 5.43 Å². The molecule has 3 heterocycles. The Labute approximate surface area is 139 Å². The van der Waals surface area contributed by atoms with Gasteiger partial charge in [-0.25, -0.2) is 0 Å². The second-order valence-electron chi connectivity index (χ2n) is 5.39. The number of hydrogen-bond acceptors (Lipinski definition) is 4. The number of nitrogens with zero attached hydrogens (tertiary/aromatic N) is 2. The van der Waals surface area contributed by atoms with Crippen LogP contribution >= 0.6 is 15.9 Å². The summed E-state index contributed by atoms with van der Waals surface area (Å²) in [4.78, 5) is 31.3. The quantitative estimate of drug-likeness (QED) is 0.660. The van der Waals surface area contributed by atoms with E-state index >= 15 is 0 Å². The predicted octanol–water partition coefficient (Wildman–Crippen LogP) is 3.13. The third-order valence-electron chi connectivity index (χ3n) is 4.03. The monoisotopic (exact) mass is 370 g/mol. The standard InChI is InChI=1S/C17H11BrN2O3/c1-20-14(11-4-2-3-7-19-11)13-15(21)10-8-9(18)5-6-12(10)23-16(13)17(20)22/h2-8,14H,1H3/t14-/m1/s1. The zero-order valence-corrected chi connectivity index (χ0v) is 13.7. The topological polar surface area (TPSA) is 63.4 Å². The van der Waals surface area contributed by atoms with Crippen LogP contribution in [-0.2, 0) is 0 Å². The van der Waals surface area contributed by atoms with Crippen molar-refractivity contribution in [2.75, 3.05) is 7.05 Å². The van der Waals surface area contributed by atoms with E-state index in [1.54, 1.807) is 43.6 Å². The van der Waals surface area contributed by atoms with E-state index in [1.807, 2.05) is 6.07 Å². The van der Waals surface area contributed by atoms with E-state index in [9.17, 15) is 9.59 Å². The molecule has 3 aromatic rings. The highest BCUT2D eigenvalue weighted by atomic mass is 79.9. The molecular formula is C17H11BrN2O3. The number of rotatable bonds is 1. The van der Waals surface area contributed by atoms with Gasteiger partial charge in [0.25, 0.3) is 5.91 Å². The van der Waals surface area contributed by atoms with Gasteiger partial charge in [0.05, 0.1) is 16.6 Å². The Bertz CT molecular complexity index is 998. The summed E-state index contributed by atoms with van der Waals surface area (Å²) in [5.74, 6) is -0.208. The lowest BCUT2D eigenvalue weighted by Gasteiger charge is -2.18. The van der Waals surface area contributed by atoms with Gasteiger partial charge in [-0.15, -0.1) is 0 Å². The Morgan fingerprint density at radius 2 is 2.04 bits per heavy atom. The van der Waals surface area contributed by atoms with E-state index in [0.717, 1.165) is 4.47 Å². The molecule has 0 saturated carbocycles. The first-order chi connectivity index (χ1) is 11.1. The molecule has 0 bridgehead atoms. The largest absolute Gasteiger partial charge is 0.450 e. The first-order valence-corrected chi connectivity index (χ1v) is 7.81. The van der Waals surface area contributed by atoms with Crippen LogP contribution in [0.3, 0.4) is 0 Å². The van der Waals surface area contributed by atoms with Gasteiger partial charge in [-0.1, -0.05) is 22.0 Å². The van der Waals surface area contributed by atoms with Crippen molar-refractivity contribution >= 4 is 32.8 Å². The van der Waals surface area contributed by atoms with E-state index < -0.39 is 6.04 Å². The van der Waals surface area contributed by atoms with E-state index in [2.05, 4.69) is 20.9 Å². The molecule has 0 saturated heterocycles. The Kier molecular flexibility index (Phi) is 3.09. The fraction of sp³-hybridized carbons (Fsp3) is 0.118. The van der Waals surface area contributed by atoms with Crippen LogP contribution in [0.25, 0.3) is 11.0 Å². The Hall–Kier alpha value is -2.47. The third-order valence-corrected chi connectivity index (χ3v) is 4.52. The van der Waals surface area contributed by atoms with E-state index in [0.29, 0.717) is 22.2 Å². The highest BCUT2D eigenvalue weighted by molar-refractivity contribution is 9.10. The van der Waals surface area contributed by atoms with Crippen LogP contribution in [0.4, 0.5) is 0 Å². The minimum Gasteiger partial charge on any atom is -0.450 e. The number of amides is 1. The van der Waals surface area contributed by atoms with E-state index in [1.165, 1.54) is 4.90 Å². The maximum Gasteiger partial charge on any atom is 0.290 e. The van der Waals surface area contributed by atoms with Gasteiger partial charge >= 0.3 is 0 Å². The molecule has 1 atom stereocenters. The van der Waals surface area contributed by atoms with Gasteiger partial charge in [0, 0.05) is 17.7 Å². The summed E-state index contributed by atoms with van der Waals surface area (Å²) in [5.41, 5.74) is 1.20. The normalized spacial score (nSPS) is 16.9. The van der Waals surface area contributed by atoms with Crippen LogP contribution in [0.2, 0.25) is 0 Å². The predicted molar refractivity (Wildman–Crippen MR) is 88.4 cm³/mol. The number of halogens is 1. The molecule has 2 aromatic heterocycles. The summed E-state index contributed by atoms with van der Waals surface area (Å²) >= 11 is 3.36.